The molecule has 5 atom stereocenters. The number of carbonyl (C=O) groups is 3. The molecule has 0 aromatic heterocycles. The monoisotopic (exact) mass is 627 g/mol. The Balaban J connectivity index is 1.66. The standard InChI is InChI=1S/C34H45NO8S/c1-21-12-17-26(29-30(40-22(2)36)28(38)31(41-23(3)37)32(42-29)44-7)20-27(21)19-25-15-13-24(14-16-25)11-9-8-10-18-35-33(39)43-34(4,5)6/h9,11-17,20,28-32,38H,8,10,18-19H2,1-7H3,(H,35,39)/b11-9+/t28-,29+,30-,31+,32-/m1/s1. The molecule has 1 heterocycles. The van der Waals surface area contributed by atoms with Gasteiger partial charge in [0.2, 0.25) is 0 Å². The van der Waals surface area contributed by atoms with Crippen LogP contribution >= 0.6 is 11.8 Å². The Bertz CT molecular complexity index is 1300. The van der Waals surface area contributed by atoms with Gasteiger partial charge in [-0.3, -0.25) is 9.59 Å². The number of rotatable bonds is 11. The molecule has 0 radical (unpaired) electrons. The number of alkyl carbamates (subject to hydrolysis) is 1. The van der Waals surface area contributed by atoms with Crippen LogP contribution < -0.4 is 5.32 Å². The number of benzene rings is 2. The van der Waals surface area contributed by atoms with E-state index in [0.717, 1.165) is 40.7 Å². The molecule has 0 aliphatic carbocycles. The van der Waals surface area contributed by atoms with Crippen LogP contribution in [0.25, 0.3) is 6.08 Å². The Morgan fingerprint density at radius 1 is 1.02 bits per heavy atom. The third kappa shape index (κ3) is 10.7. The van der Waals surface area contributed by atoms with E-state index in [4.69, 9.17) is 18.9 Å². The fourth-order valence-corrected chi connectivity index (χ4v) is 5.61. The highest BCUT2D eigenvalue weighted by Crippen LogP contribution is 2.39. The van der Waals surface area contributed by atoms with E-state index >= 15 is 0 Å². The summed E-state index contributed by atoms with van der Waals surface area (Å²) < 4.78 is 22.4. The highest BCUT2D eigenvalue weighted by molar-refractivity contribution is 7.99. The molecule has 44 heavy (non-hydrogen) atoms. The highest BCUT2D eigenvalue weighted by Gasteiger charge is 2.49. The first-order valence-electron chi connectivity index (χ1n) is 14.8. The molecule has 3 rings (SSSR count). The molecule has 240 valence electrons. The second-order valence-corrected chi connectivity index (χ2v) is 12.8. The molecule has 0 bridgehead atoms. The SMILES string of the molecule is CS[C@H]1O[C@@H](c2ccc(C)c(Cc3ccc(/C=C/CCCNC(=O)OC(C)(C)C)cc3)c2)[C@H](OC(C)=O)[C@@H](O)[C@@H]1OC(C)=O. The maximum Gasteiger partial charge on any atom is 0.407 e. The maximum atomic E-state index is 12.0. The number of allylic oxidation sites excluding steroid dienone is 1. The molecule has 1 aliphatic rings. The number of amides is 1. The molecule has 2 aromatic rings. The molecule has 1 saturated heterocycles. The van der Waals surface area contributed by atoms with Crippen molar-refractivity contribution in [1.29, 1.82) is 0 Å². The van der Waals surface area contributed by atoms with Gasteiger partial charge in [0, 0.05) is 20.4 Å². The lowest BCUT2D eigenvalue weighted by molar-refractivity contribution is -0.224. The zero-order chi connectivity index (χ0) is 32.4. The van der Waals surface area contributed by atoms with Gasteiger partial charge in [0.25, 0.3) is 0 Å². The minimum atomic E-state index is -1.26. The summed E-state index contributed by atoms with van der Waals surface area (Å²) in [5.74, 6) is -1.12. The van der Waals surface area contributed by atoms with Crippen molar-refractivity contribution in [1.82, 2.24) is 5.32 Å². The number of carbonyl (C=O) groups excluding carboxylic acids is 3. The second kappa shape index (κ2) is 16.1. The van der Waals surface area contributed by atoms with Gasteiger partial charge >= 0.3 is 18.0 Å². The number of aryl methyl sites for hydroxylation is 1. The Kier molecular flexibility index (Phi) is 12.9. The van der Waals surface area contributed by atoms with Gasteiger partial charge in [-0.25, -0.2) is 4.79 Å². The van der Waals surface area contributed by atoms with Crippen LogP contribution in [0.5, 0.6) is 0 Å². The summed E-state index contributed by atoms with van der Waals surface area (Å²) in [6.07, 6.45) is 3.85. The lowest BCUT2D eigenvalue weighted by Crippen LogP contribution is -2.55. The third-order valence-corrected chi connectivity index (χ3v) is 7.80. The van der Waals surface area contributed by atoms with Crippen LogP contribution in [0.3, 0.4) is 0 Å². The molecule has 1 aliphatic heterocycles. The van der Waals surface area contributed by atoms with Gasteiger partial charge < -0.3 is 29.4 Å². The first-order valence-corrected chi connectivity index (χ1v) is 16.1. The first-order chi connectivity index (χ1) is 20.8. The fraction of sp³-hybridized carbons (Fsp3) is 0.500. The van der Waals surface area contributed by atoms with Crippen LogP contribution in [0.4, 0.5) is 4.79 Å². The van der Waals surface area contributed by atoms with Crippen LogP contribution in [0.15, 0.2) is 48.5 Å². The van der Waals surface area contributed by atoms with Crippen molar-refractivity contribution < 1.29 is 38.4 Å². The average Bonchev–Trinajstić information content (AvgIpc) is 2.93. The number of thioether (sulfide) groups is 1. The number of hydrogen-bond donors (Lipinski definition) is 2. The van der Waals surface area contributed by atoms with Crippen molar-refractivity contribution in [3.63, 3.8) is 0 Å². The maximum absolute atomic E-state index is 12.0. The van der Waals surface area contributed by atoms with Crippen molar-refractivity contribution in [2.45, 2.75) is 96.3 Å². The van der Waals surface area contributed by atoms with Gasteiger partial charge in [0.1, 0.15) is 23.2 Å². The Morgan fingerprint density at radius 2 is 1.68 bits per heavy atom. The number of nitrogens with one attached hydrogen (secondary N) is 1. The lowest BCUT2D eigenvalue weighted by atomic mass is 9.90. The summed E-state index contributed by atoms with van der Waals surface area (Å²) >= 11 is 1.31. The van der Waals surface area contributed by atoms with Gasteiger partial charge in [0.05, 0.1) is 0 Å². The Labute approximate surface area is 264 Å². The molecule has 0 unspecified atom stereocenters. The Morgan fingerprint density at radius 3 is 2.30 bits per heavy atom. The highest BCUT2D eigenvalue weighted by atomic mass is 32.2. The third-order valence-electron chi connectivity index (χ3n) is 6.96. The molecule has 0 spiro atoms. The van der Waals surface area contributed by atoms with Crippen molar-refractivity contribution in [2.75, 3.05) is 12.8 Å². The molecule has 1 amide bonds. The number of aliphatic hydroxyl groups excluding tert-OH is 1. The van der Waals surface area contributed by atoms with Crippen LogP contribution in [0.1, 0.15) is 81.4 Å². The normalized spacial score (nSPS) is 22.0. The summed E-state index contributed by atoms with van der Waals surface area (Å²) in [6, 6.07) is 14.2. The molecule has 0 saturated carbocycles. The topological polar surface area (TPSA) is 120 Å². The van der Waals surface area contributed by atoms with E-state index in [1.807, 2.05) is 45.9 Å². The minimum absolute atomic E-state index is 0.400. The number of ether oxygens (including phenoxy) is 4. The van der Waals surface area contributed by atoms with E-state index in [0.29, 0.717) is 13.0 Å². The van der Waals surface area contributed by atoms with E-state index in [9.17, 15) is 19.5 Å². The van der Waals surface area contributed by atoms with Crippen LogP contribution in [0, 0.1) is 6.92 Å². The van der Waals surface area contributed by atoms with Crippen LogP contribution in [-0.4, -0.2) is 65.3 Å². The molecule has 2 aromatic carbocycles. The van der Waals surface area contributed by atoms with Gasteiger partial charge in [-0.05, 0) is 81.0 Å². The van der Waals surface area contributed by atoms with E-state index in [2.05, 4.69) is 41.7 Å². The lowest BCUT2D eigenvalue weighted by Gasteiger charge is -2.43. The van der Waals surface area contributed by atoms with E-state index in [-0.39, 0.29) is 0 Å². The van der Waals surface area contributed by atoms with Crippen molar-refractivity contribution in [3.05, 3.63) is 76.4 Å². The van der Waals surface area contributed by atoms with Gasteiger partial charge in [-0.15, -0.1) is 11.8 Å². The number of esters is 2. The second-order valence-electron chi connectivity index (χ2n) is 11.9. The van der Waals surface area contributed by atoms with Gasteiger partial charge in [-0.2, -0.15) is 0 Å². The smallest absolute Gasteiger partial charge is 0.407 e. The van der Waals surface area contributed by atoms with E-state index in [1.165, 1.54) is 25.6 Å². The quantitative estimate of drug-likeness (QED) is 0.179. The summed E-state index contributed by atoms with van der Waals surface area (Å²) in [7, 11) is 0. The Hall–Kier alpha value is -3.34. The van der Waals surface area contributed by atoms with Crippen molar-refractivity contribution >= 4 is 35.9 Å². The molecule has 9 nitrogen and oxygen atoms in total. The number of aliphatic hydroxyl groups is 1. The van der Waals surface area contributed by atoms with Gasteiger partial charge in [-0.1, -0.05) is 54.6 Å². The molecule has 1 fully saturated rings. The first kappa shape index (κ1) is 35.1. The molecule has 2 N–H and O–H groups in total. The summed E-state index contributed by atoms with van der Waals surface area (Å²) in [4.78, 5) is 35.4. The zero-order valence-electron chi connectivity index (χ0n) is 26.6. The fourth-order valence-electron chi connectivity index (χ4n) is 4.89. The van der Waals surface area contributed by atoms with E-state index < -0.39 is 53.5 Å². The largest absolute Gasteiger partial charge is 0.456 e. The number of hydrogen-bond acceptors (Lipinski definition) is 9. The molecular weight excluding hydrogens is 582 g/mol. The van der Waals surface area contributed by atoms with Gasteiger partial charge in [0.15, 0.2) is 12.2 Å². The average molecular weight is 628 g/mol. The summed E-state index contributed by atoms with van der Waals surface area (Å²) in [5.41, 5.74) is 3.99. The van der Waals surface area contributed by atoms with Crippen molar-refractivity contribution in [3.8, 4) is 0 Å². The molecular formula is C34H45NO8S. The van der Waals surface area contributed by atoms with Crippen LogP contribution in [-0.2, 0) is 35.0 Å². The van der Waals surface area contributed by atoms with Crippen LogP contribution in [0.2, 0.25) is 0 Å². The predicted molar refractivity (Wildman–Crippen MR) is 171 cm³/mol. The van der Waals surface area contributed by atoms with Crippen molar-refractivity contribution in [2.24, 2.45) is 0 Å². The minimum Gasteiger partial charge on any atom is -0.456 e. The summed E-state index contributed by atoms with van der Waals surface area (Å²) in [6.45, 7) is 10.6. The van der Waals surface area contributed by atoms with E-state index in [1.54, 1.807) is 6.26 Å². The molecule has 10 heteroatoms. The predicted octanol–water partition coefficient (Wildman–Crippen LogP) is 5.89. The summed E-state index contributed by atoms with van der Waals surface area (Å²) in [5, 5.41) is 13.9. The number of unbranched alkanes of at least 4 members (excludes halogenated alkanes) is 1. The zero-order valence-corrected chi connectivity index (χ0v) is 27.4.